The van der Waals surface area contributed by atoms with Gasteiger partial charge in [0.25, 0.3) is 0 Å². The number of nitrogens with zero attached hydrogens (tertiary/aromatic N) is 1. The first-order valence-corrected chi connectivity index (χ1v) is 5.11. The molecule has 0 saturated carbocycles. The molecule has 0 amide bonds. The monoisotopic (exact) mass is 196 g/mol. The number of aromatic nitrogens is 1. The van der Waals surface area contributed by atoms with Gasteiger partial charge >= 0.3 is 0 Å². The Morgan fingerprint density at radius 2 is 2.00 bits per heavy atom. The predicted molar refractivity (Wildman–Crippen MR) is 59.0 cm³/mol. The molecule has 0 radical (unpaired) electrons. The summed E-state index contributed by atoms with van der Waals surface area (Å²) in [4.78, 5) is 4.30. The van der Waals surface area contributed by atoms with E-state index in [1.807, 2.05) is 13.0 Å². The molecule has 0 aliphatic rings. The molecule has 1 aromatic heterocycles. The molecule has 0 spiro atoms. The summed E-state index contributed by atoms with van der Waals surface area (Å²) in [6.07, 6.45) is 1.71. The van der Waals surface area contributed by atoms with Gasteiger partial charge in [-0.15, -0.1) is 11.8 Å². The van der Waals surface area contributed by atoms with Crippen LogP contribution in [0.25, 0.3) is 0 Å². The van der Waals surface area contributed by atoms with Gasteiger partial charge in [0.1, 0.15) is 0 Å². The number of hydrogen-bond acceptors (Lipinski definition) is 3. The quantitative estimate of drug-likeness (QED) is 0.702. The second-order valence-corrected chi connectivity index (χ2v) is 5.92. The number of nitrogen functional groups attached to an aromatic ring is 1. The van der Waals surface area contributed by atoms with Crippen LogP contribution in [0.15, 0.2) is 17.3 Å². The average Bonchev–Trinajstić information content (AvgIpc) is 1.93. The summed E-state index contributed by atoms with van der Waals surface area (Å²) in [5.41, 5.74) is 7.50. The number of anilines is 1. The summed E-state index contributed by atoms with van der Waals surface area (Å²) >= 11 is 1.77. The van der Waals surface area contributed by atoms with Crippen LogP contribution in [-0.2, 0) is 0 Å². The maximum Gasteiger partial charge on any atom is 0.0995 e. The normalized spacial score (nSPS) is 11.7. The first kappa shape index (κ1) is 10.4. The maximum absolute atomic E-state index is 5.62. The third-order valence-electron chi connectivity index (χ3n) is 1.45. The van der Waals surface area contributed by atoms with E-state index in [-0.39, 0.29) is 4.75 Å². The van der Waals surface area contributed by atoms with E-state index in [9.17, 15) is 0 Å². The van der Waals surface area contributed by atoms with E-state index in [1.54, 1.807) is 18.0 Å². The highest BCUT2D eigenvalue weighted by Gasteiger charge is 2.14. The van der Waals surface area contributed by atoms with Crippen LogP contribution in [0.5, 0.6) is 0 Å². The lowest BCUT2D eigenvalue weighted by atomic mass is 10.3. The Kier molecular flexibility index (Phi) is 2.86. The lowest BCUT2D eigenvalue weighted by molar-refractivity contribution is 0.798. The Morgan fingerprint density at radius 3 is 2.46 bits per heavy atom. The van der Waals surface area contributed by atoms with E-state index >= 15 is 0 Å². The number of aryl methyl sites for hydroxylation is 1. The molecule has 0 aliphatic carbocycles. The number of hydrogen-bond donors (Lipinski definition) is 1. The van der Waals surface area contributed by atoms with Crippen molar-refractivity contribution in [2.45, 2.75) is 37.5 Å². The molecule has 3 heteroatoms. The van der Waals surface area contributed by atoms with Crippen LogP contribution in [0.4, 0.5) is 5.69 Å². The summed E-state index contributed by atoms with van der Waals surface area (Å²) in [6, 6.07) is 1.96. The standard InChI is InChI=1S/C10H16N2S/c1-7-5-8(11)6-12-9(7)13-10(2,3)4/h5-6H,11H2,1-4H3. The van der Waals surface area contributed by atoms with Crippen LogP contribution in [0.1, 0.15) is 26.3 Å². The number of nitrogens with two attached hydrogens (primary N) is 1. The van der Waals surface area contributed by atoms with Crippen LogP contribution in [0, 0.1) is 6.92 Å². The molecule has 0 aromatic carbocycles. The minimum Gasteiger partial charge on any atom is -0.397 e. The van der Waals surface area contributed by atoms with Gasteiger partial charge < -0.3 is 5.73 Å². The molecule has 72 valence electrons. The second kappa shape index (κ2) is 3.58. The molecule has 2 nitrogen and oxygen atoms in total. The van der Waals surface area contributed by atoms with Crippen molar-refractivity contribution < 1.29 is 0 Å². The first-order chi connectivity index (χ1) is 5.88. The highest BCUT2D eigenvalue weighted by molar-refractivity contribution is 8.00. The van der Waals surface area contributed by atoms with Gasteiger partial charge in [-0.25, -0.2) is 4.98 Å². The van der Waals surface area contributed by atoms with Crippen molar-refractivity contribution in [3.8, 4) is 0 Å². The average molecular weight is 196 g/mol. The zero-order valence-electron chi connectivity index (χ0n) is 8.59. The molecule has 0 unspecified atom stereocenters. The van der Waals surface area contributed by atoms with Crippen LogP contribution >= 0.6 is 11.8 Å². The van der Waals surface area contributed by atoms with Crippen molar-refractivity contribution in [2.75, 3.05) is 5.73 Å². The molecule has 0 atom stereocenters. The highest BCUT2D eigenvalue weighted by Crippen LogP contribution is 2.32. The summed E-state index contributed by atoms with van der Waals surface area (Å²) in [7, 11) is 0. The highest BCUT2D eigenvalue weighted by atomic mass is 32.2. The second-order valence-electron chi connectivity index (χ2n) is 4.11. The fourth-order valence-electron chi connectivity index (χ4n) is 0.981. The number of pyridine rings is 1. The zero-order chi connectivity index (χ0) is 10.1. The third-order valence-corrected chi connectivity index (χ3v) is 2.69. The lowest BCUT2D eigenvalue weighted by Gasteiger charge is -2.17. The van der Waals surface area contributed by atoms with E-state index in [0.29, 0.717) is 0 Å². The van der Waals surface area contributed by atoms with Gasteiger partial charge in [-0.2, -0.15) is 0 Å². The molecule has 13 heavy (non-hydrogen) atoms. The molecule has 1 aromatic rings. The number of thioether (sulfide) groups is 1. The van der Waals surface area contributed by atoms with Crippen molar-refractivity contribution >= 4 is 17.4 Å². The van der Waals surface area contributed by atoms with Crippen LogP contribution in [0.3, 0.4) is 0 Å². The maximum atomic E-state index is 5.62. The van der Waals surface area contributed by atoms with E-state index in [4.69, 9.17) is 5.73 Å². The third kappa shape index (κ3) is 3.27. The molecule has 2 N–H and O–H groups in total. The van der Waals surface area contributed by atoms with Crippen LogP contribution < -0.4 is 5.73 Å². The Hall–Kier alpha value is -0.700. The molecule has 0 aliphatic heterocycles. The Morgan fingerprint density at radius 1 is 1.38 bits per heavy atom. The molecular formula is C10H16N2S. The Labute approximate surface area is 83.9 Å². The van der Waals surface area contributed by atoms with Crippen molar-refractivity contribution in [2.24, 2.45) is 0 Å². The van der Waals surface area contributed by atoms with Gasteiger partial charge in [-0.1, -0.05) is 20.8 Å². The van der Waals surface area contributed by atoms with E-state index in [1.165, 1.54) is 0 Å². The van der Waals surface area contributed by atoms with Gasteiger partial charge in [0.05, 0.1) is 16.9 Å². The minimum atomic E-state index is 0.202. The van der Waals surface area contributed by atoms with E-state index in [2.05, 4.69) is 25.8 Å². The van der Waals surface area contributed by atoms with Crippen molar-refractivity contribution in [1.82, 2.24) is 4.98 Å². The van der Waals surface area contributed by atoms with E-state index < -0.39 is 0 Å². The minimum absolute atomic E-state index is 0.202. The molecule has 1 heterocycles. The molecule has 0 bridgehead atoms. The van der Waals surface area contributed by atoms with Crippen LogP contribution in [-0.4, -0.2) is 9.73 Å². The summed E-state index contributed by atoms with van der Waals surface area (Å²) in [5, 5.41) is 1.07. The largest absolute Gasteiger partial charge is 0.397 e. The summed E-state index contributed by atoms with van der Waals surface area (Å²) in [6.45, 7) is 8.57. The molecular weight excluding hydrogens is 180 g/mol. The topological polar surface area (TPSA) is 38.9 Å². The SMILES string of the molecule is Cc1cc(N)cnc1SC(C)(C)C. The number of rotatable bonds is 1. The lowest BCUT2D eigenvalue weighted by Crippen LogP contribution is -2.08. The van der Waals surface area contributed by atoms with Gasteiger partial charge in [-0.3, -0.25) is 0 Å². The van der Waals surface area contributed by atoms with Crippen molar-refractivity contribution in [3.63, 3.8) is 0 Å². The smallest absolute Gasteiger partial charge is 0.0995 e. The summed E-state index contributed by atoms with van der Waals surface area (Å²) < 4.78 is 0.202. The van der Waals surface area contributed by atoms with Gasteiger partial charge in [-0.05, 0) is 18.6 Å². The fourth-order valence-corrected chi connectivity index (χ4v) is 1.89. The predicted octanol–water partition coefficient (Wildman–Crippen LogP) is 2.86. The van der Waals surface area contributed by atoms with Gasteiger partial charge in [0.15, 0.2) is 0 Å². The fraction of sp³-hybridized carbons (Fsp3) is 0.500. The molecule has 0 fully saturated rings. The van der Waals surface area contributed by atoms with Crippen LogP contribution in [0.2, 0.25) is 0 Å². The van der Waals surface area contributed by atoms with E-state index in [0.717, 1.165) is 16.3 Å². The van der Waals surface area contributed by atoms with Gasteiger partial charge in [0.2, 0.25) is 0 Å². The Bertz CT molecular complexity index is 302. The van der Waals surface area contributed by atoms with Crippen molar-refractivity contribution in [3.05, 3.63) is 17.8 Å². The van der Waals surface area contributed by atoms with Gasteiger partial charge in [0, 0.05) is 4.75 Å². The molecule has 1 rings (SSSR count). The molecule has 0 saturated heterocycles. The zero-order valence-corrected chi connectivity index (χ0v) is 9.40. The Balaban J connectivity index is 2.90. The first-order valence-electron chi connectivity index (χ1n) is 4.29. The van der Waals surface area contributed by atoms with Crippen molar-refractivity contribution in [1.29, 1.82) is 0 Å². The summed E-state index contributed by atoms with van der Waals surface area (Å²) in [5.74, 6) is 0.